The zero-order valence-corrected chi connectivity index (χ0v) is 10.3. The number of anilines is 1. The fourth-order valence-corrected chi connectivity index (χ4v) is 1.75. The molecule has 0 aliphatic carbocycles. The van der Waals surface area contributed by atoms with Crippen LogP contribution in [0.15, 0.2) is 24.5 Å². The number of benzene rings is 1. The third-order valence-electron chi connectivity index (χ3n) is 2.99. The van der Waals surface area contributed by atoms with E-state index in [1.165, 1.54) is 6.07 Å². The van der Waals surface area contributed by atoms with Gasteiger partial charge in [0.1, 0.15) is 5.69 Å². The Morgan fingerprint density at radius 3 is 2.72 bits per heavy atom. The molecule has 0 fully saturated rings. The number of nitro groups is 1. The van der Waals surface area contributed by atoms with Crippen molar-refractivity contribution < 1.29 is 4.92 Å². The molecular formula is C12H14N4O2. The third kappa shape index (κ3) is 2.17. The maximum absolute atomic E-state index is 10.8. The van der Waals surface area contributed by atoms with Crippen LogP contribution in [0.4, 0.5) is 11.4 Å². The number of hydrogen-bond donors (Lipinski definition) is 1. The van der Waals surface area contributed by atoms with E-state index < -0.39 is 4.92 Å². The van der Waals surface area contributed by atoms with Crippen LogP contribution in [-0.2, 0) is 6.54 Å². The van der Waals surface area contributed by atoms with Crippen molar-refractivity contribution in [3.05, 3.63) is 51.6 Å². The Balaban J connectivity index is 2.33. The number of imidazole rings is 1. The maximum Gasteiger partial charge on any atom is 0.292 e. The largest absolute Gasteiger partial charge is 0.393 e. The minimum Gasteiger partial charge on any atom is -0.393 e. The van der Waals surface area contributed by atoms with E-state index in [2.05, 4.69) is 4.98 Å². The molecule has 2 N–H and O–H groups in total. The first-order valence-corrected chi connectivity index (χ1v) is 5.50. The van der Waals surface area contributed by atoms with Crippen LogP contribution >= 0.6 is 0 Å². The second-order valence-corrected chi connectivity index (χ2v) is 4.19. The third-order valence-corrected chi connectivity index (χ3v) is 2.99. The Bertz CT molecular complexity index is 604. The van der Waals surface area contributed by atoms with Gasteiger partial charge in [0.15, 0.2) is 0 Å². The highest BCUT2D eigenvalue weighted by Crippen LogP contribution is 2.23. The average molecular weight is 246 g/mol. The second kappa shape index (κ2) is 4.48. The number of rotatable bonds is 3. The first-order chi connectivity index (χ1) is 8.49. The lowest BCUT2D eigenvalue weighted by molar-refractivity contribution is -0.384. The van der Waals surface area contributed by atoms with E-state index >= 15 is 0 Å². The van der Waals surface area contributed by atoms with Crippen LogP contribution in [-0.4, -0.2) is 14.5 Å². The molecule has 6 nitrogen and oxygen atoms in total. The van der Waals surface area contributed by atoms with Gasteiger partial charge in [-0.05, 0) is 25.5 Å². The summed E-state index contributed by atoms with van der Waals surface area (Å²) in [4.78, 5) is 14.5. The molecule has 0 atom stereocenters. The average Bonchev–Trinajstić information content (AvgIpc) is 2.63. The lowest BCUT2D eigenvalue weighted by Gasteiger charge is -2.06. The highest BCUT2D eigenvalue weighted by Gasteiger charge is 2.12. The van der Waals surface area contributed by atoms with Crippen molar-refractivity contribution >= 4 is 11.4 Å². The molecule has 1 aromatic heterocycles. The first kappa shape index (κ1) is 12.1. The lowest BCUT2D eigenvalue weighted by atomic mass is 10.1. The highest BCUT2D eigenvalue weighted by molar-refractivity contribution is 5.59. The number of nitrogen functional groups attached to an aromatic ring is 1. The molecule has 1 aromatic carbocycles. The Morgan fingerprint density at radius 2 is 2.17 bits per heavy atom. The summed E-state index contributed by atoms with van der Waals surface area (Å²) in [5.41, 5.74) is 8.52. The van der Waals surface area contributed by atoms with Gasteiger partial charge >= 0.3 is 0 Å². The molecule has 0 bridgehead atoms. The summed E-state index contributed by atoms with van der Waals surface area (Å²) in [6.07, 6.45) is 1.73. The molecule has 0 aliphatic rings. The molecule has 0 aliphatic heterocycles. The van der Waals surface area contributed by atoms with Crippen molar-refractivity contribution in [3.8, 4) is 0 Å². The molecule has 18 heavy (non-hydrogen) atoms. The van der Waals surface area contributed by atoms with Gasteiger partial charge < -0.3 is 10.3 Å². The Morgan fingerprint density at radius 1 is 1.44 bits per heavy atom. The van der Waals surface area contributed by atoms with Crippen LogP contribution in [0.25, 0.3) is 0 Å². The molecule has 94 valence electrons. The number of aromatic nitrogens is 2. The SMILES string of the molecule is Cc1ncn(Cc2ccc(N)c([N+](=O)[O-])c2)c1C. The van der Waals surface area contributed by atoms with Crippen LogP contribution in [0.5, 0.6) is 0 Å². The van der Waals surface area contributed by atoms with Crippen molar-refractivity contribution in [2.75, 3.05) is 5.73 Å². The molecule has 0 saturated heterocycles. The minimum atomic E-state index is -0.467. The van der Waals surface area contributed by atoms with Crippen molar-refractivity contribution in [3.63, 3.8) is 0 Å². The summed E-state index contributed by atoms with van der Waals surface area (Å²) >= 11 is 0. The first-order valence-electron chi connectivity index (χ1n) is 5.50. The minimum absolute atomic E-state index is 0.0537. The number of hydrogen-bond acceptors (Lipinski definition) is 4. The predicted molar refractivity (Wildman–Crippen MR) is 68.3 cm³/mol. The van der Waals surface area contributed by atoms with Gasteiger partial charge in [-0.15, -0.1) is 0 Å². The number of nitrogens with two attached hydrogens (primary N) is 1. The maximum atomic E-state index is 10.8. The van der Waals surface area contributed by atoms with Gasteiger partial charge in [-0.3, -0.25) is 10.1 Å². The second-order valence-electron chi connectivity index (χ2n) is 4.19. The molecule has 2 aromatic rings. The zero-order valence-electron chi connectivity index (χ0n) is 10.3. The highest BCUT2D eigenvalue weighted by atomic mass is 16.6. The molecule has 6 heteroatoms. The summed E-state index contributed by atoms with van der Waals surface area (Å²) in [5, 5.41) is 10.8. The Kier molecular flexibility index (Phi) is 3.01. The lowest BCUT2D eigenvalue weighted by Crippen LogP contribution is -2.03. The van der Waals surface area contributed by atoms with Gasteiger partial charge in [-0.2, -0.15) is 0 Å². The van der Waals surface area contributed by atoms with Crippen molar-refractivity contribution in [1.82, 2.24) is 9.55 Å². The van der Waals surface area contributed by atoms with Crippen LogP contribution in [0.1, 0.15) is 17.0 Å². The zero-order chi connectivity index (χ0) is 13.3. The summed E-state index contributed by atoms with van der Waals surface area (Å²) in [7, 11) is 0. The fourth-order valence-electron chi connectivity index (χ4n) is 1.75. The number of nitro benzene ring substituents is 1. The van der Waals surface area contributed by atoms with E-state index in [9.17, 15) is 10.1 Å². The van der Waals surface area contributed by atoms with Crippen LogP contribution in [0.3, 0.4) is 0 Å². The Labute approximate surface area is 104 Å². The smallest absolute Gasteiger partial charge is 0.292 e. The molecule has 0 amide bonds. The Hall–Kier alpha value is -2.37. The molecule has 0 radical (unpaired) electrons. The van der Waals surface area contributed by atoms with E-state index in [4.69, 9.17) is 5.73 Å². The van der Waals surface area contributed by atoms with Gasteiger partial charge in [0.25, 0.3) is 5.69 Å². The van der Waals surface area contributed by atoms with E-state index in [1.807, 2.05) is 18.4 Å². The van der Waals surface area contributed by atoms with Crippen LogP contribution < -0.4 is 5.73 Å². The normalized spacial score (nSPS) is 10.6. The summed E-state index contributed by atoms with van der Waals surface area (Å²) in [6, 6.07) is 4.85. The topological polar surface area (TPSA) is 87.0 Å². The molecule has 0 saturated carbocycles. The molecular weight excluding hydrogens is 232 g/mol. The number of nitrogens with zero attached hydrogens (tertiary/aromatic N) is 3. The van der Waals surface area contributed by atoms with Crippen molar-refractivity contribution in [2.24, 2.45) is 0 Å². The molecule has 2 rings (SSSR count). The summed E-state index contributed by atoms with van der Waals surface area (Å²) < 4.78 is 1.95. The predicted octanol–water partition coefficient (Wildman–Crippen LogP) is 2.04. The molecule has 0 spiro atoms. The molecule has 0 unspecified atom stereocenters. The quantitative estimate of drug-likeness (QED) is 0.510. The van der Waals surface area contributed by atoms with Crippen molar-refractivity contribution in [2.45, 2.75) is 20.4 Å². The van der Waals surface area contributed by atoms with E-state index in [1.54, 1.807) is 18.5 Å². The summed E-state index contributed by atoms with van der Waals surface area (Å²) in [6.45, 7) is 4.44. The standard InChI is InChI=1S/C12H14N4O2/c1-8-9(2)15(7-14-8)6-10-3-4-11(13)12(5-10)16(17)18/h3-5,7H,6,13H2,1-2H3. The fraction of sp³-hybridized carbons (Fsp3) is 0.250. The van der Waals surface area contributed by atoms with Gasteiger partial charge in [-0.1, -0.05) is 6.07 Å². The van der Waals surface area contributed by atoms with Crippen LogP contribution in [0, 0.1) is 24.0 Å². The van der Waals surface area contributed by atoms with Crippen molar-refractivity contribution in [1.29, 1.82) is 0 Å². The molecule has 1 heterocycles. The van der Waals surface area contributed by atoms with E-state index in [-0.39, 0.29) is 11.4 Å². The number of aryl methyl sites for hydroxylation is 1. The van der Waals surface area contributed by atoms with Gasteiger partial charge in [0, 0.05) is 18.3 Å². The monoisotopic (exact) mass is 246 g/mol. The van der Waals surface area contributed by atoms with E-state index in [0.29, 0.717) is 6.54 Å². The van der Waals surface area contributed by atoms with E-state index in [0.717, 1.165) is 17.0 Å². The van der Waals surface area contributed by atoms with Crippen LogP contribution in [0.2, 0.25) is 0 Å². The van der Waals surface area contributed by atoms with Gasteiger partial charge in [0.2, 0.25) is 0 Å². The summed E-state index contributed by atoms with van der Waals surface area (Å²) in [5.74, 6) is 0. The van der Waals surface area contributed by atoms with Gasteiger partial charge in [0.05, 0.1) is 16.9 Å². The van der Waals surface area contributed by atoms with Gasteiger partial charge in [-0.25, -0.2) is 4.98 Å².